The van der Waals surface area contributed by atoms with Crippen molar-refractivity contribution in [2.45, 2.75) is 39.1 Å². The van der Waals surface area contributed by atoms with Gasteiger partial charge in [0.05, 0.1) is 0 Å². The standard InChI is InChI=1S/C14H18O5/c1-14(2,3)19-13(17)11(15)12(16)18-9-10-7-5-4-6-8-10/h4-8,11,15H,9H2,1-3H3. The van der Waals surface area contributed by atoms with Gasteiger partial charge in [0.25, 0.3) is 0 Å². The lowest BCUT2D eigenvalue weighted by atomic mass is 10.2. The summed E-state index contributed by atoms with van der Waals surface area (Å²) >= 11 is 0. The zero-order valence-electron chi connectivity index (χ0n) is 11.3. The van der Waals surface area contributed by atoms with E-state index in [4.69, 9.17) is 9.47 Å². The molecule has 0 aliphatic carbocycles. The molecule has 0 spiro atoms. The summed E-state index contributed by atoms with van der Waals surface area (Å²) in [7, 11) is 0. The van der Waals surface area contributed by atoms with Crippen molar-refractivity contribution in [2.75, 3.05) is 0 Å². The van der Waals surface area contributed by atoms with Gasteiger partial charge in [-0.1, -0.05) is 30.3 Å². The van der Waals surface area contributed by atoms with Crippen LogP contribution in [0.3, 0.4) is 0 Å². The normalized spacial score (nSPS) is 12.6. The highest BCUT2D eigenvalue weighted by Gasteiger charge is 2.30. The number of rotatable bonds is 4. The summed E-state index contributed by atoms with van der Waals surface area (Å²) in [5, 5.41) is 9.48. The Hall–Kier alpha value is -1.88. The van der Waals surface area contributed by atoms with Crippen molar-refractivity contribution in [3.8, 4) is 0 Å². The topological polar surface area (TPSA) is 72.8 Å². The Morgan fingerprint density at radius 1 is 1.16 bits per heavy atom. The zero-order valence-corrected chi connectivity index (χ0v) is 11.3. The number of carbonyl (C=O) groups is 2. The van der Waals surface area contributed by atoms with E-state index in [0.717, 1.165) is 5.56 Å². The summed E-state index contributed by atoms with van der Waals surface area (Å²) in [4.78, 5) is 22.9. The van der Waals surface area contributed by atoms with Gasteiger partial charge >= 0.3 is 11.9 Å². The molecule has 104 valence electrons. The smallest absolute Gasteiger partial charge is 0.347 e. The van der Waals surface area contributed by atoms with Crippen molar-refractivity contribution in [1.82, 2.24) is 0 Å². The van der Waals surface area contributed by atoms with E-state index in [9.17, 15) is 14.7 Å². The summed E-state index contributed by atoms with van der Waals surface area (Å²) in [5.74, 6) is -2.02. The van der Waals surface area contributed by atoms with Crippen molar-refractivity contribution < 1.29 is 24.2 Å². The van der Waals surface area contributed by atoms with Gasteiger partial charge in [0, 0.05) is 0 Å². The van der Waals surface area contributed by atoms with Gasteiger partial charge in [-0.05, 0) is 26.3 Å². The first-order valence-electron chi connectivity index (χ1n) is 5.91. The van der Waals surface area contributed by atoms with Gasteiger partial charge in [0.15, 0.2) is 0 Å². The molecule has 1 unspecified atom stereocenters. The first-order valence-corrected chi connectivity index (χ1v) is 5.91. The highest BCUT2D eigenvalue weighted by Crippen LogP contribution is 2.09. The maximum absolute atomic E-state index is 11.5. The number of carbonyl (C=O) groups excluding carboxylic acids is 2. The summed E-state index contributed by atoms with van der Waals surface area (Å²) in [6, 6.07) is 8.97. The fourth-order valence-corrected chi connectivity index (χ4v) is 1.26. The Morgan fingerprint density at radius 3 is 2.26 bits per heavy atom. The second kappa shape index (κ2) is 6.33. The minimum Gasteiger partial charge on any atom is -0.458 e. The maximum Gasteiger partial charge on any atom is 0.347 e. The lowest BCUT2D eigenvalue weighted by Crippen LogP contribution is -2.37. The van der Waals surface area contributed by atoms with Crippen LogP contribution in [0.25, 0.3) is 0 Å². The molecule has 1 aromatic carbocycles. The lowest BCUT2D eigenvalue weighted by Gasteiger charge is -2.21. The molecule has 1 N–H and O–H groups in total. The summed E-state index contributed by atoms with van der Waals surface area (Å²) in [6.07, 6.45) is -1.91. The third kappa shape index (κ3) is 5.52. The van der Waals surface area contributed by atoms with Gasteiger partial charge in [0.1, 0.15) is 12.2 Å². The van der Waals surface area contributed by atoms with Gasteiger partial charge in [-0.2, -0.15) is 0 Å². The lowest BCUT2D eigenvalue weighted by molar-refractivity contribution is -0.176. The predicted octanol–water partition coefficient (Wildman–Crippen LogP) is 1.43. The molecule has 1 rings (SSSR count). The molecule has 1 atom stereocenters. The number of aliphatic hydroxyl groups is 1. The quantitative estimate of drug-likeness (QED) is 0.659. The number of hydrogen-bond donors (Lipinski definition) is 1. The minimum atomic E-state index is -1.91. The largest absolute Gasteiger partial charge is 0.458 e. The zero-order chi connectivity index (χ0) is 14.5. The van der Waals surface area contributed by atoms with E-state index in [-0.39, 0.29) is 6.61 Å². The first-order chi connectivity index (χ1) is 8.79. The molecular weight excluding hydrogens is 248 g/mol. The van der Waals surface area contributed by atoms with Crippen molar-refractivity contribution in [3.05, 3.63) is 35.9 Å². The Morgan fingerprint density at radius 2 is 1.74 bits per heavy atom. The van der Waals surface area contributed by atoms with Gasteiger partial charge in [-0.3, -0.25) is 0 Å². The molecule has 0 aliphatic rings. The third-order valence-electron chi connectivity index (χ3n) is 2.08. The molecule has 5 heteroatoms. The fraction of sp³-hybridized carbons (Fsp3) is 0.429. The molecule has 0 radical (unpaired) electrons. The van der Waals surface area contributed by atoms with E-state index in [1.165, 1.54) is 0 Å². The highest BCUT2D eigenvalue weighted by molar-refractivity contribution is 5.97. The fourth-order valence-electron chi connectivity index (χ4n) is 1.26. The molecule has 0 amide bonds. The molecule has 19 heavy (non-hydrogen) atoms. The van der Waals surface area contributed by atoms with Crippen LogP contribution in [0.15, 0.2) is 30.3 Å². The predicted molar refractivity (Wildman–Crippen MR) is 68.1 cm³/mol. The van der Waals surface area contributed by atoms with Crippen LogP contribution >= 0.6 is 0 Å². The summed E-state index contributed by atoms with van der Waals surface area (Å²) in [5.41, 5.74) is 0.00449. The summed E-state index contributed by atoms with van der Waals surface area (Å²) < 4.78 is 9.72. The Labute approximate surface area is 112 Å². The van der Waals surface area contributed by atoms with E-state index in [1.807, 2.05) is 6.07 Å². The molecule has 0 fully saturated rings. The van der Waals surface area contributed by atoms with Crippen molar-refractivity contribution in [2.24, 2.45) is 0 Å². The Balaban J connectivity index is 2.47. The minimum absolute atomic E-state index is 0.000465. The van der Waals surface area contributed by atoms with Crippen LogP contribution in [-0.2, 0) is 25.7 Å². The van der Waals surface area contributed by atoms with Gasteiger partial charge in [-0.25, -0.2) is 9.59 Å². The molecule has 0 heterocycles. The number of aliphatic hydroxyl groups excluding tert-OH is 1. The second-order valence-electron chi connectivity index (χ2n) is 5.03. The van der Waals surface area contributed by atoms with Crippen LogP contribution in [0.4, 0.5) is 0 Å². The number of esters is 2. The molecule has 0 saturated carbocycles. The monoisotopic (exact) mass is 266 g/mol. The average Bonchev–Trinajstić information content (AvgIpc) is 2.34. The van der Waals surface area contributed by atoms with E-state index in [2.05, 4.69) is 0 Å². The van der Waals surface area contributed by atoms with Crippen molar-refractivity contribution in [1.29, 1.82) is 0 Å². The van der Waals surface area contributed by atoms with Crippen LogP contribution in [-0.4, -0.2) is 28.8 Å². The molecule has 0 aromatic heterocycles. The van der Waals surface area contributed by atoms with Crippen LogP contribution < -0.4 is 0 Å². The van der Waals surface area contributed by atoms with E-state index < -0.39 is 23.6 Å². The molecule has 5 nitrogen and oxygen atoms in total. The number of hydrogen-bond acceptors (Lipinski definition) is 5. The average molecular weight is 266 g/mol. The van der Waals surface area contributed by atoms with Gasteiger partial charge < -0.3 is 14.6 Å². The molecule has 0 aliphatic heterocycles. The molecule has 1 aromatic rings. The van der Waals surface area contributed by atoms with Gasteiger partial charge in [0.2, 0.25) is 6.10 Å². The van der Waals surface area contributed by atoms with Crippen molar-refractivity contribution >= 4 is 11.9 Å². The van der Waals surface area contributed by atoms with Crippen molar-refractivity contribution in [3.63, 3.8) is 0 Å². The Kier molecular flexibility index (Phi) is 5.06. The van der Waals surface area contributed by atoms with Crippen LogP contribution in [0.5, 0.6) is 0 Å². The van der Waals surface area contributed by atoms with E-state index >= 15 is 0 Å². The first kappa shape index (κ1) is 15.2. The number of benzene rings is 1. The van der Waals surface area contributed by atoms with E-state index in [1.54, 1.807) is 45.0 Å². The Bertz CT molecular complexity index is 433. The second-order valence-corrected chi connectivity index (χ2v) is 5.03. The van der Waals surface area contributed by atoms with Crippen LogP contribution in [0, 0.1) is 0 Å². The maximum atomic E-state index is 11.5. The van der Waals surface area contributed by atoms with Crippen LogP contribution in [0.1, 0.15) is 26.3 Å². The molecule has 0 saturated heterocycles. The molecule has 0 bridgehead atoms. The van der Waals surface area contributed by atoms with E-state index in [0.29, 0.717) is 0 Å². The number of ether oxygens (including phenoxy) is 2. The summed E-state index contributed by atoms with van der Waals surface area (Å²) in [6.45, 7) is 4.94. The third-order valence-corrected chi connectivity index (χ3v) is 2.08. The highest BCUT2D eigenvalue weighted by atomic mass is 16.6. The van der Waals surface area contributed by atoms with Crippen LogP contribution in [0.2, 0.25) is 0 Å². The molecular formula is C14H18O5. The van der Waals surface area contributed by atoms with Gasteiger partial charge in [-0.15, -0.1) is 0 Å². The SMILES string of the molecule is CC(C)(C)OC(=O)C(O)C(=O)OCc1ccccc1.